The Morgan fingerprint density at radius 1 is 1.23 bits per heavy atom. The summed E-state index contributed by atoms with van der Waals surface area (Å²) >= 11 is 0. The molecule has 0 spiro atoms. The maximum Gasteiger partial charge on any atom is 0.0251 e. The van der Waals surface area contributed by atoms with Gasteiger partial charge < -0.3 is 4.90 Å². The maximum atomic E-state index is 2.63. The standard InChI is InChI=1S/C11H22N2/c1-9(2)12(3)11-8-13-6-4-10(11)5-7-13/h9-11H,4-8H2,1-3H3. The average molecular weight is 182 g/mol. The molecule has 3 rings (SSSR count). The van der Waals surface area contributed by atoms with Crippen molar-refractivity contribution in [2.24, 2.45) is 5.92 Å². The van der Waals surface area contributed by atoms with E-state index in [1.54, 1.807) is 0 Å². The fraction of sp³-hybridized carbons (Fsp3) is 1.00. The van der Waals surface area contributed by atoms with Crippen molar-refractivity contribution in [3.8, 4) is 0 Å². The summed E-state index contributed by atoms with van der Waals surface area (Å²) in [7, 11) is 2.29. The first kappa shape index (κ1) is 9.47. The van der Waals surface area contributed by atoms with E-state index < -0.39 is 0 Å². The molecule has 0 saturated carbocycles. The molecule has 2 heteroatoms. The van der Waals surface area contributed by atoms with Crippen molar-refractivity contribution in [3.05, 3.63) is 0 Å². The van der Waals surface area contributed by atoms with Gasteiger partial charge in [0.15, 0.2) is 0 Å². The Labute approximate surface area is 81.9 Å². The highest BCUT2D eigenvalue weighted by Crippen LogP contribution is 2.30. The van der Waals surface area contributed by atoms with E-state index in [9.17, 15) is 0 Å². The Morgan fingerprint density at radius 2 is 1.85 bits per heavy atom. The normalized spacial score (nSPS) is 39.0. The van der Waals surface area contributed by atoms with Gasteiger partial charge in [0.1, 0.15) is 0 Å². The predicted octanol–water partition coefficient (Wildman–Crippen LogP) is 1.42. The lowest BCUT2D eigenvalue weighted by Gasteiger charge is -2.49. The molecule has 0 N–H and O–H groups in total. The molecule has 13 heavy (non-hydrogen) atoms. The average Bonchev–Trinajstić information content (AvgIpc) is 2.18. The van der Waals surface area contributed by atoms with Gasteiger partial charge in [-0.05, 0) is 52.7 Å². The van der Waals surface area contributed by atoms with Crippen molar-refractivity contribution in [1.29, 1.82) is 0 Å². The van der Waals surface area contributed by atoms with E-state index >= 15 is 0 Å². The molecule has 2 bridgehead atoms. The van der Waals surface area contributed by atoms with Gasteiger partial charge in [0, 0.05) is 18.6 Å². The monoisotopic (exact) mass is 182 g/mol. The van der Waals surface area contributed by atoms with Gasteiger partial charge in [0.25, 0.3) is 0 Å². The smallest absolute Gasteiger partial charge is 0.0251 e. The molecule has 3 fully saturated rings. The largest absolute Gasteiger partial charge is 0.302 e. The third-order valence-electron chi connectivity index (χ3n) is 3.96. The van der Waals surface area contributed by atoms with Crippen LogP contribution >= 0.6 is 0 Å². The van der Waals surface area contributed by atoms with Crippen LogP contribution in [0.4, 0.5) is 0 Å². The summed E-state index contributed by atoms with van der Waals surface area (Å²) in [4.78, 5) is 5.19. The van der Waals surface area contributed by atoms with E-state index in [1.165, 1.54) is 32.5 Å². The topological polar surface area (TPSA) is 6.48 Å². The first-order chi connectivity index (χ1) is 6.18. The summed E-state index contributed by atoms with van der Waals surface area (Å²) in [6.45, 7) is 8.63. The molecule has 76 valence electrons. The van der Waals surface area contributed by atoms with Crippen LogP contribution in [0, 0.1) is 5.92 Å². The second-order valence-corrected chi connectivity index (χ2v) is 4.96. The lowest BCUT2D eigenvalue weighted by Crippen LogP contribution is -2.57. The number of hydrogen-bond donors (Lipinski definition) is 0. The van der Waals surface area contributed by atoms with E-state index in [0.29, 0.717) is 6.04 Å². The number of fused-ring (bicyclic) bond motifs is 3. The Kier molecular flexibility index (Phi) is 2.61. The molecule has 0 aromatic rings. The highest BCUT2D eigenvalue weighted by Gasteiger charge is 2.36. The van der Waals surface area contributed by atoms with Gasteiger partial charge in [-0.15, -0.1) is 0 Å². The molecule has 0 amide bonds. The molecule has 1 atom stereocenters. The van der Waals surface area contributed by atoms with E-state index in [-0.39, 0.29) is 0 Å². The first-order valence-corrected chi connectivity index (χ1v) is 5.63. The van der Waals surface area contributed by atoms with Crippen LogP contribution in [0.2, 0.25) is 0 Å². The molecule has 0 aromatic heterocycles. The van der Waals surface area contributed by atoms with Gasteiger partial charge in [0.05, 0.1) is 0 Å². The molecule has 1 unspecified atom stereocenters. The van der Waals surface area contributed by atoms with Crippen molar-refractivity contribution in [2.75, 3.05) is 26.7 Å². The van der Waals surface area contributed by atoms with Gasteiger partial charge in [-0.25, -0.2) is 0 Å². The molecule has 3 saturated heterocycles. The zero-order chi connectivity index (χ0) is 9.42. The molecule has 3 aliphatic rings. The van der Waals surface area contributed by atoms with Crippen LogP contribution in [0.5, 0.6) is 0 Å². The van der Waals surface area contributed by atoms with Crippen LogP contribution in [-0.2, 0) is 0 Å². The number of hydrogen-bond acceptors (Lipinski definition) is 2. The minimum absolute atomic E-state index is 0.700. The molecule has 0 aliphatic carbocycles. The van der Waals surface area contributed by atoms with E-state index in [1.807, 2.05) is 0 Å². The summed E-state index contributed by atoms with van der Waals surface area (Å²) in [5.74, 6) is 0.984. The predicted molar refractivity (Wildman–Crippen MR) is 55.9 cm³/mol. The van der Waals surface area contributed by atoms with Gasteiger partial charge in [-0.3, -0.25) is 4.90 Å². The van der Waals surface area contributed by atoms with Crippen molar-refractivity contribution >= 4 is 0 Å². The minimum atomic E-state index is 0.700. The molecule has 3 heterocycles. The lowest BCUT2D eigenvalue weighted by atomic mass is 9.83. The van der Waals surface area contributed by atoms with Crippen LogP contribution in [0.1, 0.15) is 26.7 Å². The van der Waals surface area contributed by atoms with E-state index in [0.717, 1.165) is 12.0 Å². The second-order valence-electron chi connectivity index (χ2n) is 4.96. The van der Waals surface area contributed by atoms with E-state index in [4.69, 9.17) is 0 Å². The fourth-order valence-corrected chi connectivity index (χ4v) is 2.78. The lowest BCUT2D eigenvalue weighted by molar-refractivity contribution is 0.00479. The first-order valence-electron chi connectivity index (χ1n) is 5.63. The summed E-state index contributed by atoms with van der Waals surface area (Å²) in [5, 5.41) is 0. The van der Waals surface area contributed by atoms with E-state index in [2.05, 4.69) is 30.7 Å². The fourth-order valence-electron chi connectivity index (χ4n) is 2.78. The van der Waals surface area contributed by atoms with Gasteiger partial charge in [-0.2, -0.15) is 0 Å². The van der Waals surface area contributed by atoms with Crippen LogP contribution in [-0.4, -0.2) is 48.6 Å². The quantitative estimate of drug-likeness (QED) is 0.637. The summed E-state index contributed by atoms with van der Waals surface area (Å²) in [6.07, 6.45) is 2.86. The summed E-state index contributed by atoms with van der Waals surface area (Å²) < 4.78 is 0. The summed E-state index contributed by atoms with van der Waals surface area (Å²) in [6, 6.07) is 1.54. The molecule has 0 radical (unpaired) electrons. The van der Waals surface area contributed by atoms with Crippen molar-refractivity contribution in [1.82, 2.24) is 9.80 Å². The maximum absolute atomic E-state index is 2.63. The number of piperidine rings is 3. The molecule has 0 aromatic carbocycles. The third-order valence-corrected chi connectivity index (χ3v) is 3.96. The zero-order valence-corrected chi connectivity index (χ0v) is 9.16. The van der Waals surface area contributed by atoms with Gasteiger partial charge in [0.2, 0.25) is 0 Å². The number of rotatable bonds is 2. The minimum Gasteiger partial charge on any atom is -0.302 e. The van der Waals surface area contributed by atoms with Crippen LogP contribution in [0.25, 0.3) is 0 Å². The number of likely N-dealkylation sites (N-methyl/N-ethyl adjacent to an activating group) is 1. The van der Waals surface area contributed by atoms with Crippen LogP contribution in [0.3, 0.4) is 0 Å². The van der Waals surface area contributed by atoms with Crippen LogP contribution < -0.4 is 0 Å². The van der Waals surface area contributed by atoms with Crippen molar-refractivity contribution in [2.45, 2.75) is 38.8 Å². The highest BCUT2D eigenvalue weighted by molar-refractivity contribution is 4.92. The second kappa shape index (κ2) is 3.58. The molecular formula is C11H22N2. The highest BCUT2D eigenvalue weighted by atomic mass is 15.2. The molecule has 3 aliphatic heterocycles. The Hall–Kier alpha value is -0.0800. The van der Waals surface area contributed by atoms with Crippen LogP contribution in [0.15, 0.2) is 0 Å². The SMILES string of the molecule is CC(C)N(C)C1CN2CCC1CC2. The Balaban J connectivity index is 2.00. The number of nitrogens with zero attached hydrogens (tertiary/aromatic N) is 2. The van der Waals surface area contributed by atoms with Gasteiger partial charge in [-0.1, -0.05) is 0 Å². The van der Waals surface area contributed by atoms with Crippen molar-refractivity contribution < 1.29 is 0 Å². The zero-order valence-electron chi connectivity index (χ0n) is 9.16. The third kappa shape index (κ3) is 1.75. The molecular weight excluding hydrogens is 160 g/mol. The molecule has 2 nitrogen and oxygen atoms in total. The Morgan fingerprint density at radius 3 is 2.23 bits per heavy atom. The summed E-state index contributed by atoms with van der Waals surface area (Å²) in [5.41, 5.74) is 0. The van der Waals surface area contributed by atoms with Crippen molar-refractivity contribution in [3.63, 3.8) is 0 Å². The van der Waals surface area contributed by atoms with Gasteiger partial charge >= 0.3 is 0 Å². The Bertz CT molecular complexity index is 169.